The van der Waals surface area contributed by atoms with E-state index in [0.717, 1.165) is 9.13 Å². The van der Waals surface area contributed by atoms with E-state index in [-0.39, 0.29) is 0 Å². The van der Waals surface area contributed by atoms with Gasteiger partial charge in [-0.1, -0.05) is 11.8 Å². The molecule has 1 aliphatic rings. The number of aliphatic hydroxyl groups excluding tert-OH is 3. The van der Waals surface area contributed by atoms with Crippen LogP contribution in [0.3, 0.4) is 0 Å². The number of nitrogens with two attached hydrogens (primary N) is 1. The third-order valence-electron chi connectivity index (χ3n) is 3.22. The summed E-state index contributed by atoms with van der Waals surface area (Å²) in [6, 6.07) is 7.50. The molecular formula is C14H16INO5. The van der Waals surface area contributed by atoms with Crippen LogP contribution in [-0.2, 0) is 9.57 Å². The van der Waals surface area contributed by atoms with Crippen molar-refractivity contribution in [1.82, 2.24) is 0 Å². The Morgan fingerprint density at radius 3 is 2.48 bits per heavy atom. The van der Waals surface area contributed by atoms with Gasteiger partial charge in [-0.25, -0.2) is 5.90 Å². The molecule has 0 bridgehead atoms. The lowest BCUT2D eigenvalue weighted by molar-refractivity contribution is -0.229. The van der Waals surface area contributed by atoms with E-state index in [1.54, 1.807) is 0 Å². The van der Waals surface area contributed by atoms with Crippen molar-refractivity contribution in [2.45, 2.75) is 30.5 Å². The summed E-state index contributed by atoms with van der Waals surface area (Å²) in [7, 11) is 0. The van der Waals surface area contributed by atoms with E-state index in [2.05, 4.69) is 39.3 Å². The van der Waals surface area contributed by atoms with Gasteiger partial charge in [-0.2, -0.15) is 0 Å². The van der Waals surface area contributed by atoms with Gasteiger partial charge in [-0.15, -0.1) is 0 Å². The van der Waals surface area contributed by atoms with Crippen LogP contribution in [0.1, 0.15) is 5.56 Å². The summed E-state index contributed by atoms with van der Waals surface area (Å²) in [5.41, 5.74) is 0.762. The number of hydrogen-bond donors (Lipinski definition) is 4. The number of aliphatic hydroxyl groups is 3. The molecule has 114 valence electrons. The highest BCUT2D eigenvalue weighted by Crippen LogP contribution is 2.22. The standard InChI is InChI=1S/C14H16INO5/c15-9-4-1-8(2-5-9)3-6-10-12(18)13(19)14(21-16)11(7-17)20-10/h1-2,4-5,10-14,17-19H,7,16H2/t10-,11-,12-,13-,14?/m1/s1. The molecular weight excluding hydrogens is 389 g/mol. The zero-order valence-electron chi connectivity index (χ0n) is 11.0. The summed E-state index contributed by atoms with van der Waals surface area (Å²) in [4.78, 5) is 4.56. The first-order chi connectivity index (χ1) is 10.1. The van der Waals surface area contributed by atoms with Crippen LogP contribution >= 0.6 is 22.6 Å². The van der Waals surface area contributed by atoms with Crippen molar-refractivity contribution < 1.29 is 24.9 Å². The summed E-state index contributed by atoms with van der Waals surface area (Å²) >= 11 is 2.19. The second-order valence-electron chi connectivity index (χ2n) is 4.64. The lowest BCUT2D eigenvalue weighted by atomic mass is 9.95. The van der Waals surface area contributed by atoms with Gasteiger partial charge in [0.2, 0.25) is 0 Å². The third kappa shape index (κ3) is 3.92. The van der Waals surface area contributed by atoms with Crippen molar-refractivity contribution in [3.05, 3.63) is 33.4 Å². The van der Waals surface area contributed by atoms with Gasteiger partial charge in [-0.3, -0.25) is 4.84 Å². The fourth-order valence-corrected chi connectivity index (χ4v) is 2.42. The van der Waals surface area contributed by atoms with Crippen LogP contribution < -0.4 is 5.90 Å². The maximum atomic E-state index is 9.98. The quantitative estimate of drug-likeness (QED) is 0.297. The van der Waals surface area contributed by atoms with Crippen LogP contribution in [0.15, 0.2) is 24.3 Å². The lowest BCUT2D eigenvalue weighted by Gasteiger charge is -2.39. The molecule has 1 heterocycles. The molecule has 2 rings (SSSR count). The van der Waals surface area contributed by atoms with E-state index in [1.807, 2.05) is 24.3 Å². The van der Waals surface area contributed by atoms with Crippen LogP contribution in [0.25, 0.3) is 0 Å². The Balaban J connectivity index is 2.15. The summed E-state index contributed by atoms with van der Waals surface area (Å²) in [6.07, 6.45) is -5.32. The number of hydrogen-bond acceptors (Lipinski definition) is 6. The van der Waals surface area contributed by atoms with Crippen LogP contribution in [0, 0.1) is 15.4 Å². The van der Waals surface area contributed by atoms with Gasteiger partial charge in [0.15, 0.2) is 0 Å². The van der Waals surface area contributed by atoms with Crippen molar-refractivity contribution in [2.24, 2.45) is 5.90 Å². The Bertz CT molecular complexity index is 524. The minimum atomic E-state index is -1.28. The largest absolute Gasteiger partial charge is 0.394 e. The van der Waals surface area contributed by atoms with E-state index >= 15 is 0 Å². The van der Waals surface area contributed by atoms with Crippen molar-refractivity contribution in [3.63, 3.8) is 0 Å². The van der Waals surface area contributed by atoms with E-state index in [1.165, 1.54) is 0 Å². The zero-order valence-corrected chi connectivity index (χ0v) is 13.2. The molecule has 1 fully saturated rings. The Labute approximate surface area is 136 Å². The molecule has 0 aliphatic carbocycles. The number of halogens is 1. The van der Waals surface area contributed by atoms with E-state index < -0.39 is 37.1 Å². The molecule has 21 heavy (non-hydrogen) atoms. The monoisotopic (exact) mass is 405 g/mol. The maximum Gasteiger partial charge on any atom is 0.147 e. The van der Waals surface area contributed by atoms with Gasteiger partial charge in [0.05, 0.1) is 6.61 Å². The summed E-state index contributed by atoms with van der Waals surface area (Å²) in [5, 5.41) is 29.1. The van der Waals surface area contributed by atoms with Crippen LogP contribution in [0.5, 0.6) is 0 Å². The van der Waals surface area contributed by atoms with Crippen LogP contribution in [0.2, 0.25) is 0 Å². The average molecular weight is 405 g/mol. The molecule has 0 aromatic heterocycles. The first kappa shape index (κ1) is 16.6. The number of benzene rings is 1. The highest BCUT2D eigenvalue weighted by atomic mass is 127. The van der Waals surface area contributed by atoms with Crippen molar-refractivity contribution in [2.75, 3.05) is 6.61 Å². The molecule has 0 radical (unpaired) electrons. The van der Waals surface area contributed by atoms with Gasteiger partial charge in [0, 0.05) is 9.13 Å². The molecule has 1 unspecified atom stereocenters. The van der Waals surface area contributed by atoms with Crippen molar-refractivity contribution in [3.8, 4) is 11.8 Å². The molecule has 5 atom stereocenters. The molecule has 1 aliphatic heterocycles. The lowest BCUT2D eigenvalue weighted by Crippen LogP contribution is -2.59. The second-order valence-corrected chi connectivity index (χ2v) is 5.88. The normalized spacial score (nSPS) is 32.3. The minimum absolute atomic E-state index is 0.395. The SMILES string of the molecule is NOC1[C@@H](CO)O[C@H](C#Cc2ccc(I)cc2)[C@@H](O)[C@H]1O. The Morgan fingerprint density at radius 2 is 1.90 bits per heavy atom. The maximum absolute atomic E-state index is 9.98. The number of rotatable bonds is 2. The topological polar surface area (TPSA) is 105 Å². The predicted molar refractivity (Wildman–Crippen MR) is 82.9 cm³/mol. The van der Waals surface area contributed by atoms with E-state index in [9.17, 15) is 15.3 Å². The van der Waals surface area contributed by atoms with Crippen LogP contribution in [-0.4, -0.2) is 52.4 Å². The smallest absolute Gasteiger partial charge is 0.147 e. The second kappa shape index (κ2) is 7.51. The fraction of sp³-hybridized carbons (Fsp3) is 0.429. The van der Waals surface area contributed by atoms with E-state index in [4.69, 9.17) is 10.6 Å². The number of ether oxygens (including phenoxy) is 1. The molecule has 5 N–H and O–H groups in total. The summed E-state index contributed by atoms with van der Waals surface area (Å²) in [6.45, 7) is -0.395. The Kier molecular flexibility index (Phi) is 5.95. The van der Waals surface area contributed by atoms with Crippen molar-refractivity contribution in [1.29, 1.82) is 0 Å². The highest BCUT2D eigenvalue weighted by Gasteiger charge is 2.44. The fourth-order valence-electron chi connectivity index (χ4n) is 2.06. The van der Waals surface area contributed by atoms with Gasteiger partial charge >= 0.3 is 0 Å². The molecule has 0 saturated carbocycles. The van der Waals surface area contributed by atoms with Gasteiger partial charge in [0.1, 0.15) is 30.5 Å². The zero-order chi connectivity index (χ0) is 15.4. The summed E-state index contributed by atoms with van der Waals surface area (Å²) in [5.74, 6) is 10.7. The highest BCUT2D eigenvalue weighted by molar-refractivity contribution is 14.1. The first-order valence-electron chi connectivity index (χ1n) is 6.32. The Morgan fingerprint density at radius 1 is 1.24 bits per heavy atom. The Hall–Kier alpha value is -0.730. The van der Waals surface area contributed by atoms with Crippen LogP contribution in [0.4, 0.5) is 0 Å². The van der Waals surface area contributed by atoms with Gasteiger partial charge in [0.25, 0.3) is 0 Å². The molecule has 7 heteroatoms. The molecule has 0 amide bonds. The van der Waals surface area contributed by atoms with E-state index in [0.29, 0.717) is 0 Å². The molecule has 1 saturated heterocycles. The van der Waals surface area contributed by atoms with Gasteiger partial charge in [-0.05, 0) is 46.9 Å². The first-order valence-corrected chi connectivity index (χ1v) is 7.39. The predicted octanol–water partition coefficient (Wildman–Crippen LogP) is -0.617. The average Bonchev–Trinajstić information content (AvgIpc) is 2.50. The molecule has 6 nitrogen and oxygen atoms in total. The molecule has 0 spiro atoms. The van der Waals surface area contributed by atoms with Gasteiger partial charge < -0.3 is 20.1 Å². The summed E-state index contributed by atoms with van der Waals surface area (Å²) < 4.78 is 6.52. The minimum Gasteiger partial charge on any atom is -0.394 e. The van der Waals surface area contributed by atoms with Crippen molar-refractivity contribution >= 4 is 22.6 Å². The third-order valence-corrected chi connectivity index (χ3v) is 3.94. The molecule has 1 aromatic carbocycles. The molecule has 1 aromatic rings.